The lowest BCUT2D eigenvalue weighted by Crippen LogP contribution is -2.10. The van der Waals surface area contributed by atoms with Crippen LogP contribution in [0, 0.1) is 0 Å². The maximum Gasteiger partial charge on any atom is 0.143 e. The van der Waals surface area contributed by atoms with Crippen LogP contribution in [0.15, 0.2) is 120 Å². The molecule has 39 heavy (non-hydrogen) atoms. The molecule has 0 saturated carbocycles. The van der Waals surface area contributed by atoms with Gasteiger partial charge < -0.3 is 4.42 Å². The summed E-state index contributed by atoms with van der Waals surface area (Å²) >= 11 is 0. The summed E-state index contributed by atoms with van der Waals surface area (Å²) in [5.41, 5.74) is 8.14. The number of para-hydroxylation sites is 2. The normalized spacial score (nSPS) is 12.5. The molecule has 7 aromatic carbocycles. The number of hydrogen-bond donors (Lipinski definition) is 0. The van der Waals surface area contributed by atoms with Gasteiger partial charge in [0.15, 0.2) is 0 Å². The molecule has 0 fully saturated rings. The largest absolute Gasteiger partial charge is 0.455 e. The van der Waals surface area contributed by atoms with Crippen molar-refractivity contribution in [1.29, 1.82) is 0 Å². The Hall–Kier alpha value is -4.62. The number of rotatable bonds is 2. The lowest BCUT2D eigenvalue weighted by Gasteiger charge is -2.21. The van der Waals surface area contributed by atoms with Crippen LogP contribution in [-0.2, 0) is 5.41 Å². The number of fused-ring (bicyclic) bond motifs is 3. The summed E-state index contributed by atoms with van der Waals surface area (Å²) in [4.78, 5) is 0. The predicted octanol–water partition coefficient (Wildman–Crippen LogP) is 11.1. The van der Waals surface area contributed by atoms with Gasteiger partial charge in [-0.25, -0.2) is 0 Å². The van der Waals surface area contributed by atoms with Crippen molar-refractivity contribution in [1.82, 2.24) is 0 Å². The molecule has 0 aliphatic heterocycles. The topological polar surface area (TPSA) is 13.1 Å². The molecule has 0 radical (unpaired) electrons. The first-order valence-electron chi connectivity index (χ1n) is 13.7. The molecule has 186 valence electrons. The van der Waals surface area contributed by atoms with E-state index in [2.05, 4.69) is 130 Å². The molecule has 0 spiro atoms. The fraction of sp³-hybridized carbons (Fsp3) is 0.105. The van der Waals surface area contributed by atoms with Crippen molar-refractivity contribution in [2.24, 2.45) is 0 Å². The zero-order chi connectivity index (χ0) is 26.3. The van der Waals surface area contributed by atoms with E-state index in [1.165, 1.54) is 54.6 Å². The van der Waals surface area contributed by atoms with Gasteiger partial charge in [-0.3, -0.25) is 0 Å². The summed E-state index contributed by atoms with van der Waals surface area (Å²) in [7, 11) is 0. The average Bonchev–Trinajstić information content (AvgIpc) is 3.34. The number of benzene rings is 7. The summed E-state index contributed by atoms with van der Waals surface area (Å²) in [5, 5.41) is 10.1. The highest BCUT2D eigenvalue weighted by atomic mass is 16.3. The summed E-state index contributed by atoms with van der Waals surface area (Å²) in [6.45, 7) is 6.85. The Bertz CT molecular complexity index is 2190. The Morgan fingerprint density at radius 3 is 1.97 bits per heavy atom. The van der Waals surface area contributed by atoms with E-state index in [0.717, 1.165) is 27.5 Å². The lowest BCUT2D eigenvalue weighted by molar-refractivity contribution is 0.590. The van der Waals surface area contributed by atoms with Crippen LogP contribution in [0.3, 0.4) is 0 Å². The van der Waals surface area contributed by atoms with Gasteiger partial charge in [0.25, 0.3) is 0 Å². The zero-order valence-corrected chi connectivity index (χ0v) is 22.4. The molecule has 1 aromatic heterocycles. The van der Waals surface area contributed by atoms with Crippen molar-refractivity contribution < 1.29 is 4.42 Å². The van der Waals surface area contributed by atoms with Crippen molar-refractivity contribution >= 4 is 54.3 Å². The van der Waals surface area contributed by atoms with Crippen LogP contribution in [0.1, 0.15) is 26.3 Å². The highest BCUT2D eigenvalue weighted by Crippen LogP contribution is 2.46. The second-order valence-electron chi connectivity index (χ2n) is 11.8. The minimum atomic E-state index is 0.0719. The third kappa shape index (κ3) is 3.26. The second kappa shape index (κ2) is 7.94. The van der Waals surface area contributed by atoms with Gasteiger partial charge in [-0.1, -0.05) is 124 Å². The first-order chi connectivity index (χ1) is 19.0. The van der Waals surface area contributed by atoms with E-state index in [1.54, 1.807) is 0 Å². The molecule has 0 aliphatic carbocycles. The highest BCUT2D eigenvalue weighted by molar-refractivity contribution is 6.29. The predicted molar refractivity (Wildman–Crippen MR) is 167 cm³/mol. The fourth-order valence-corrected chi connectivity index (χ4v) is 6.41. The lowest BCUT2D eigenvalue weighted by atomic mass is 9.82. The van der Waals surface area contributed by atoms with Crippen LogP contribution in [-0.4, -0.2) is 0 Å². The molecule has 0 amide bonds. The van der Waals surface area contributed by atoms with Crippen molar-refractivity contribution in [3.63, 3.8) is 0 Å². The van der Waals surface area contributed by atoms with Crippen molar-refractivity contribution in [2.45, 2.75) is 26.2 Å². The fourth-order valence-electron chi connectivity index (χ4n) is 6.41. The van der Waals surface area contributed by atoms with Gasteiger partial charge in [-0.15, -0.1) is 0 Å². The molecule has 1 nitrogen and oxygen atoms in total. The molecule has 0 saturated heterocycles. The van der Waals surface area contributed by atoms with Gasteiger partial charge in [0.2, 0.25) is 0 Å². The van der Waals surface area contributed by atoms with Gasteiger partial charge in [-0.2, -0.15) is 0 Å². The molecular formula is C38H28O. The molecular weight excluding hydrogens is 472 g/mol. The van der Waals surface area contributed by atoms with Crippen LogP contribution >= 0.6 is 0 Å². The van der Waals surface area contributed by atoms with E-state index in [-0.39, 0.29) is 5.41 Å². The highest BCUT2D eigenvalue weighted by Gasteiger charge is 2.21. The first kappa shape index (κ1) is 22.4. The Balaban J connectivity index is 1.54. The quantitative estimate of drug-likeness (QED) is 0.215. The molecule has 1 heterocycles. The average molecular weight is 501 g/mol. The van der Waals surface area contributed by atoms with Gasteiger partial charge in [0, 0.05) is 16.3 Å². The summed E-state index contributed by atoms with van der Waals surface area (Å²) in [6.07, 6.45) is 0. The molecule has 8 rings (SSSR count). The monoisotopic (exact) mass is 500 g/mol. The van der Waals surface area contributed by atoms with Crippen LogP contribution in [0.5, 0.6) is 0 Å². The molecule has 8 aromatic rings. The smallest absolute Gasteiger partial charge is 0.143 e. The third-order valence-electron chi connectivity index (χ3n) is 8.38. The SMILES string of the molecule is CC(C)(C)c1cccc(-c2cc(-c3cccc4c3oc3ccccc34)c3ccc4cccc5ccc2c3c54)c1. The van der Waals surface area contributed by atoms with E-state index in [9.17, 15) is 0 Å². The summed E-state index contributed by atoms with van der Waals surface area (Å²) in [5.74, 6) is 0. The van der Waals surface area contributed by atoms with Gasteiger partial charge >= 0.3 is 0 Å². The minimum Gasteiger partial charge on any atom is -0.455 e. The number of furan rings is 1. The van der Waals surface area contributed by atoms with Crippen LogP contribution in [0.2, 0.25) is 0 Å². The minimum absolute atomic E-state index is 0.0719. The third-order valence-corrected chi connectivity index (χ3v) is 8.38. The van der Waals surface area contributed by atoms with E-state index >= 15 is 0 Å². The van der Waals surface area contributed by atoms with Crippen molar-refractivity contribution in [3.05, 3.63) is 121 Å². The maximum atomic E-state index is 6.54. The summed E-state index contributed by atoms with van der Waals surface area (Å²) in [6, 6.07) is 42.1. The Kier molecular flexibility index (Phi) is 4.56. The van der Waals surface area contributed by atoms with E-state index in [4.69, 9.17) is 4.42 Å². The molecule has 0 aliphatic rings. The van der Waals surface area contributed by atoms with E-state index < -0.39 is 0 Å². The van der Waals surface area contributed by atoms with Crippen molar-refractivity contribution in [2.75, 3.05) is 0 Å². The van der Waals surface area contributed by atoms with E-state index in [0.29, 0.717) is 0 Å². The molecule has 1 heteroatoms. The standard InChI is InChI=1S/C38H28O/c1-38(2,3)26-12-7-11-25(21-26)32-22-33(31-15-8-14-30-27-13-4-5-16-34(27)39-37(30)31)29-20-18-24-10-6-9-23-17-19-28(32)36(29)35(23)24/h4-22H,1-3H3. The Morgan fingerprint density at radius 2 is 1.18 bits per heavy atom. The molecule has 0 bridgehead atoms. The Labute approximate surface area is 227 Å². The molecule has 0 atom stereocenters. The van der Waals surface area contributed by atoms with Crippen molar-refractivity contribution in [3.8, 4) is 22.3 Å². The van der Waals surface area contributed by atoms with E-state index in [1.807, 2.05) is 6.07 Å². The second-order valence-corrected chi connectivity index (χ2v) is 11.8. The number of hydrogen-bond acceptors (Lipinski definition) is 1. The Morgan fingerprint density at radius 1 is 0.487 bits per heavy atom. The summed E-state index contributed by atoms with van der Waals surface area (Å²) < 4.78 is 6.54. The van der Waals surface area contributed by atoms with Gasteiger partial charge in [-0.05, 0) is 72.1 Å². The maximum absolute atomic E-state index is 6.54. The van der Waals surface area contributed by atoms with Crippen LogP contribution in [0.4, 0.5) is 0 Å². The molecule has 0 N–H and O–H groups in total. The zero-order valence-electron chi connectivity index (χ0n) is 22.4. The van der Waals surface area contributed by atoms with Crippen LogP contribution in [0.25, 0.3) is 76.5 Å². The molecule has 0 unspecified atom stereocenters. The van der Waals surface area contributed by atoms with Gasteiger partial charge in [0.1, 0.15) is 11.2 Å². The first-order valence-corrected chi connectivity index (χ1v) is 13.7. The van der Waals surface area contributed by atoms with Gasteiger partial charge in [0.05, 0.1) is 0 Å². The van der Waals surface area contributed by atoms with Crippen LogP contribution < -0.4 is 0 Å².